The normalized spacial score (nSPS) is 12.0. The maximum absolute atomic E-state index is 13.1. The van der Waals surface area contributed by atoms with Crippen LogP contribution in [0.15, 0.2) is 84.9 Å². The molecule has 0 aromatic heterocycles. The monoisotopic (exact) mass is 467 g/mol. The molecule has 0 unspecified atom stereocenters. The van der Waals surface area contributed by atoms with Crippen LogP contribution in [-0.2, 0) is 22.4 Å². The summed E-state index contributed by atoms with van der Waals surface area (Å²) in [6.45, 7) is 0. The number of amides is 2. The van der Waals surface area contributed by atoms with Gasteiger partial charge < -0.3 is 21.5 Å². The number of nitrogens with two attached hydrogens (primary N) is 1. The number of carbonyl (C=O) groups is 3. The van der Waals surface area contributed by atoms with Crippen LogP contribution in [0.3, 0.4) is 0 Å². The van der Waals surface area contributed by atoms with Gasteiger partial charge in [0.2, 0.25) is 5.91 Å². The first kappa shape index (κ1) is 25.4. The minimum absolute atomic E-state index is 0. The molecule has 0 aliphatic heterocycles. The van der Waals surface area contributed by atoms with E-state index < -0.39 is 29.9 Å². The molecule has 0 aliphatic rings. The number of nitrogen functional groups attached to an aromatic ring is 1. The second-order valence-electron chi connectivity index (χ2n) is 7.43. The SMILES string of the molecule is Cl.Nc1ccc(C[C@H](NC(=O)[C@H](Cc2ccccc2)NC(=O)c2ccccc2)C(=O)O)cc1. The lowest BCUT2D eigenvalue weighted by atomic mass is 10.0. The van der Waals surface area contributed by atoms with Gasteiger partial charge in [0.1, 0.15) is 12.1 Å². The molecule has 7 nitrogen and oxygen atoms in total. The van der Waals surface area contributed by atoms with Crippen molar-refractivity contribution in [3.8, 4) is 0 Å². The van der Waals surface area contributed by atoms with Crippen LogP contribution in [-0.4, -0.2) is 35.0 Å². The number of carboxylic acids is 1. The van der Waals surface area contributed by atoms with Crippen LogP contribution < -0.4 is 16.4 Å². The van der Waals surface area contributed by atoms with Gasteiger partial charge in [-0.15, -0.1) is 12.4 Å². The highest BCUT2D eigenvalue weighted by Crippen LogP contribution is 2.10. The molecule has 0 saturated heterocycles. The van der Waals surface area contributed by atoms with Gasteiger partial charge in [-0.1, -0.05) is 60.7 Å². The van der Waals surface area contributed by atoms with E-state index in [4.69, 9.17) is 5.73 Å². The van der Waals surface area contributed by atoms with Crippen molar-refractivity contribution >= 4 is 35.9 Å². The number of aliphatic carboxylic acids is 1. The van der Waals surface area contributed by atoms with Gasteiger partial charge in [0.15, 0.2) is 0 Å². The van der Waals surface area contributed by atoms with Gasteiger partial charge in [0, 0.05) is 24.1 Å². The van der Waals surface area contributed by atoms with Gasteiger partial charge in [-0.2, -0.15) is 0 Å². The predicted molar refractivity (Wildman–Crippen MR) is 129 cm³/mol. The number of carbonyl (C=O) groups excluding carboxylic acids is 2. The van der Waals surface area contributed by atoms with Crippen molar-refractivity contribution in [2.75, 3.05) is 5.73 Å². The van der Waals surface area contributed by atoms with Crippen LogP contribution in [0, 0.1) is 0 Å². The molecular formula is C25H26ClN3O4. The molecule has 172 valence electrons. The third-order valence-electron chi connectivity index (χ3n) is 4.97. The Hall–Kier alpha value is -3.84. The summed E-state index contributed by atoms with van der Waals surface area (Å²) in [4.78, 5) is 37.5. The van der Waals surface area contributed by atoms with E-state index in [0.29, 0.717) is 11.3 Å². The highest BCUT2D eigenvalue weighted by atomic mass is 35.5. The molecule has 0 saturated carbocycles. The average Bonchev–Trinajstić information content (AvgIpc) is 2.80. The van der Waals surface area contributed by atoms with E-state index in [2.05, 4.69) is 10.6 Å². The largest absolute Gasteiger partial charge is 0.480 e. The second kappa shape index (κ2) is 12.3. The van der Waals surface area contributed by atoms with E-state index >= 15 is 0 Å². The van der Waals surface area contributed by atoms with Crippen molar-refractivity contribution < 1.29 is 19.5 Å². The number of rotatable bonds is 9. The number of hydrogen-bond acceptors (Lipinski definition) is 4. The fourth-order valence-corrected chi connectivity index (χ4v) is 3.25. The van der Waals surface area contributed by atoms with E-state index in [1.165, 1.54) is 0 Å². The summed E-state index contributed by atoms with van der Waals surface area (Å²) in [5.41, 5.74) is 8.22. The predicted octanol–water partition coefficient (Wildman–Crippen LogP) is 2.84. The van der Waals surface area contributed by atoms with Crippen molar-refractivity contribution in [3.63, 3.8) is 0 Å². The Morgan fingerprint density at radius 3 is 1.82 bits per heavy atom. The first-order chi connectivity index (χ1) is 15.4. The van der Waals surface area contributed by atoms with Gasteiger partial charge in [-0.3, -0.25) is 9.59 Å². The topological polar surface area (TPSA) is 122 Å². The molecule has 3 aromatic carbocycles. The quantitative estimate of drug-likeness (QED) is 0.360. The molecule has 0 fully saturated rings. The van der Waals surface area contributed by atoms with Crippen molar-refractivity contribution in [1.29, 1.82) is 0 Å². The molecule has 2 amide bonds. The van der Waals surface area contributed by atoms with E-state index in [1.807, 2.05) is 30.3 Å². The summed E-state index contributed by atoms with van der Waals surface area (Å²) in [7, 11) is 0. The third-order valence-corrected chi connectivity index (χ3v) is 4.97. The standard InChI is InChI=1S/C25H25N3O4.ClH/c26-20-13-11-18(12-14-20)16-22(25(31)32)28-24(30)21(15-17-7-3-1-4-8-17)27-23(29)19-9-5-2-6-10-19;/h1-14,21-22H,15-16,26H2,(H,27,29)(H,28,30)(H,31,32);1H/t21-,22-;/m0./s1. The third kappa shape index (κ3) is 7.66. The molecular weight excluding hydrogens is 442 g/mol. The number of nitrogens with one attached hydrogen (secondary N) is 2. The Balaban J connectivity index is 0.00000385. The molecule has 3 rings (SSSR count). The number of carboxylic acid groups (broad SMARTS) is 1. The zero-order chi connectivity index (χ0) is 22.9. The summed E-state index contributed by atoms with van der Waals surface area (Å²) in [5, 5.41) is 15.0. The molecule has 0 aliphatic carbocycles. The van der Waals surface area contributed by atoms with Crippen molar-refractivity contribution in [2.45, 2.75) is 24.9 Å². The Bertz CT molecular complexity index is 1060. The summed E-state index contributed by atoms with van der Waals surface area (Å²) in [5.74, 6) is -2.14. The molecule has 3 aromatic rings. The number of benzene rings is 3. The molecule has 33 heavy (non-hydrogen) atoms. The van der Waals surface area contributed by atoms with E-state index in [0.717, 1.165) is 11.1 Å². The van der Waals surface area contributed by atoms with Crippen molar-refractivity contribution in [2.24, 2.45) is 0 Å². The minimum atomic E-state index is -1.16. The summed E-state index contributed by atoms with van der Waals surface area (Å²) in [6, 6.07) is 22.5. The van der Waals surface area contributed by atoms with E-state index in [9.17, 15) is 19.5 Å². The average molecular weight is 468 g/mol. The molecule has 8 heteroatoms. The molecule has 0 spiro atoms. The highest BCUT2D eigenvalue weighted by Gasteiger charge is 2.27. The Morgan fingerprint density at radius 2 is 1.24 bits per heavy atom. The molecule has 5 N–H and O–H groups in total. The molecule has 0 heterocycles. The summed E-state index contributed by atoms with van der Waals surface area (Å²) < 4.78 is 0. The maximum atomic E-state index is 13.1. The van der Waals surface area contributed by atoms with Gasteiger partial charge in [0.05, 0.1) is 0 Å². The van der Waals surface area contributed by atoms with Gasteiger partial charge in [-0.05, 0) is 35.4 Å². The fourth-order valence-electron chi connectivity index (χ4n) is 3.25. The van der Waals surface area contributed by atoms with Crippen molar-refractivity contribution in [3.05, 3.63) is 102 Å². The maximum Gasteiger partial charge on any atom is 0.326 e. The molecule has 0 bridgehead atoms. The number of halogens is 1. The second-order valence-corrected chi connectivity index (χ2v) is 7.43. The van der Waals surface area contributed by atoms with Gasteiger partial charge >= 0.3 is 5.97 Å². The lowest BCUT2D eigenvalue weighted by Crippen LogP contribution is -2.53. The first-order valence-corrected chi connectivity index (χ1v) is 10.2. The zero-order valence-electron chi connectivity index (χ0n) is 17.8. The van der Waals surface area contributed by atoms with Crippen LogP contribution in [0.25, 0.3) is 0 Å². The van der Waals surface area contributed by atoms with Crippen LogP contribution in [0.1, 0.15) is 21.5 Å². The Morgan fingerprint density at radius 1 is 0.727 bits per heavy atom. The molecule has 2 atom stereocenters. The van der Waals surface area contributed by atoms with Crippen LogP contribution in [0.2, 0.25) is 0 Å². The highest BCUT2D eigenvalue weighted by molar-refractivity contribution is 5.98. The van der Waals surface area contributed by atoms with Crippen molar-refractivity contribution in [1.82, 2.24) is 10.6 Å². The number of hydrogen-bond donors (Lipinski definition) is 4. The number of anilines is 1. The van der Waals surface area contributed by atoms with Crippen LogP contribution >= 0.6 is 12.4 Å². The fraction of sp³-hybridized carbons (Fsp3) is 0.160. The van der Waals surface area contributed by atoms with Crippen LogP contribution in [0.4, 0.5) is 5.69 Å². The minimum Gasteiger partial charge on any atom is -0.480 e. The van der Waals surface area contributed by atoms with E-state index in [-0.39, 0.29) is 25.2 Å². The molecule has 0 radical (unpaired) electrons. The van der Waals surface area contributed by atoms with E-state index in [1.54, 1.807) is 54.6 Å². The lowest BCUT2D eigenvalue weighted by molar-refractivity contribution is -0.142. The summed E-state index contributed by atoms with van der Waals surface area (Å²) in [6.07, 6.45) is 0.311. The van der Waals surface area contributed by atoms with Gasteiger partial charge in [0.25, 0.3) is 5.91 Å². The smallest absolute Gasteiger partial charge is 0.326 e. The van der Waals surface area contributed by atoms with Gasteiger partial charge in [-0.25, -0.2) is 4.79 Å². The first-order valence-electron chi connectivity index (χ1n) is 10.2. The Kier molecular flexibility index (Phi) is 9.45. The Labute approximate surface area is 198 Å². The van der Waals surface area contributed by atoms with Crippen LogP contribution in [0.5, 0.6) is 0 Å². The zero-order valence-corrected chi connectivity index (χ0v) is 18.6. The summed E-state index contributed by atoms with van der Waals surface area (Å²) >= 11 is 0. The lowest BCUT2D eigenvalue weighted by Gasteiger charge is -2.22.